The fraction of sp³-hybridized carbons (Fsp3) is 0.231. The van der Waals surface area contributed by atoms with Gasteiger partial charge in [-0.1, -0.05) is 80.6 Å². The fourth-order valence-corrected chi connectivity index (χ4v) is 4.13. The first-order valence-electron chi connectivity index (χ1n) is 10.3. The molecule has 0 aliphatic heterocycles. The van der Waals surface area contributed by atoms with Crippen LogP contribution in [0.1, 0.15) is 38.1 Å². The Hall–Kier alpha value is -3.20. The zero-order chi connectivity index (χ0) is 20.3. The topological polar surface area (TPSA) is 30.7 Å². The van der Waals surface area contributed by atoms with Crippen LogP contribution < -0.4 is 0 Å². The normalized spacial score (nSPS) is 11.6. The second-order valence-electron chi connectivity index (χ2n) is 7.49. The van der Waals surface area contributed by atoms with Crippen LogP contribution in [0.2, 0.25) is 0 Å². The Bertz CT molecular complexity index is 1080. The van der Waals surface area contributed by atoms with E-state index in [4.69, 9.17) is 9.97 Å². The summed E-state index contributed by atoms with van der Waals surface area (Å²) in [6, 6.07) is 27.1. The van der Waals surface area contributed by atoms with Crippen LogP contribution >= 0.6 is 0 Å². The zero-order valence-electron chi connectivity index (χ0n) is 17.3. The molecular formula is C26H27N3. The number of aryl methyl sites for hydroxylation is 1. The number of hydrogen-bond donors (Lipinski definition) is 0. The summed E-state index contributed by atoms with van der Waals surface area (Å²) in [6.07, 6.45) is 4.06. The predicted octanol–water partition coefficient (Wildman–Crippen LogP) is 6.26. The van der Waals surface area contributed by atoms with Gasteiger partial charge in [-0.15, -0.1) is 0 Å². The molecule has 3 nitrogen and oxygen atoms in total. The first-order valence-corrected chi connectivity index (χ1v) is 10.3. The summed E-state index contributed by atoms with van der Waals surface area (Å²) < 4.78 is 2.13. The van der Waals surface area contributed by atoms with Crippen molar-refractivity contribution in [1.82, 2.24) is 14.5 Å². The number of aromatic nitrogens is 3. The third-order valence-electron chi connectivity index (χ3n) is 5.91. The molecule has 0 aliphatic carbocycles. The van der Waals surface area contributed by atoms with Crippen molar-refractivity contribution < 1.29 is 0 Å². The van der Waals surface area contributed by atoms with Crippen LogP contribution in [0.3, 0.4) is 0 Å². The van der Waals surface area contributed by atoms with Crippen molar-refractivity contribution in [3.8, 4) is 22.6 Å². The number of imidazole rings is 1. The van der Waals surface area contributed by atoms with Crippen molar-refractivity contribution in [3.63, 3.8) is 0 Å². The summed E-state index contributed by atoms with van der Waals surface area (Å²) in [5.41, 5.74) is 5.24. The van der Waals surface area contributed by atoms with Gasteiger partial charge >= 0.3 is 0 Å². The first-order chi connectivity index (χ1) is 14.2. The molecule has 3 heteroatoms. The van der Waals surface area contributed by atoms with Crippen LogP contribution in [0.15, 0.2) is 85.1 Å². The van der Waals surface area contributed by atoms with Crippen molar-refractivity contribution in [2.45, 2.75) is 32.1 Å². The highest BCUT2D eigenvalue weighted by Gasteiger charge is 2.35. The van der Waals surface area contributed by atoms with E-state index in [-0.39, 0.29) is 5.41 Å². The minimum Gasteiger partial charge on any atom is -0.334 e. The Morgan fingerprint density at radius 2 is 1.31 bits per heavy atom. The van der Waals surface area contributed by atoms with Crippen LogP contribution in [0, 0.1) is 0 Å². The van der Waals surface area contributed by atoms with Gasteiger partial charge in [-0.05, 0) is 25.0 Å². The Morgan fingerprint density at radius 1 is 0.690 bits per heavy atom. The molecule has 0 atom stereocenters. The van der Waals surface area contributed by atoms with E-state index in [9.17, 15) is 0 Å². The van der Waals surface area contributed by atoms with Gasteiger partial charge in [-0.25, -0.2) is 4.98 Å². The largest absolute Gasteiger partial charge is 0.334 e. The zero-order valence-corrected chi connectivity index (χ0v) is 17.3. The van der Waals surface area contributed by atoms with Gasteiger partial charge < -0.3 is 4.57 Å². The molecule has 0 unspecified atom stereocenters. The van der Waals surface area contributed by atoms with Crippen LogP contribution in [-0.2, 0) is 12.5 Å². The maximum atomic E-state index is 5.10. The molecular weight excluding hydrogens is 354 g/mol. The highest BCUT2D eigenvalue weighted by Crippen LogP contribution is 2.39. The number of pyridine rings is 1. The van der Waals surface area contributed by atoms with Crippen molar-refractivity contribution in [1.29, 1.82) is 0 Å². The lowest BCUT2D eigenvalue weighted by Gasteiger charge is -2.30. The van der Waals surface area contributed by atoms with E-state index >= 15 is 0 Å². The Morgan fingerprint density at radius 3 is 1.93 bits per heavy atom. The number of nitrogens with zero attached hydrogens (tertiary/aromatic N) is 3. The van der Waals surface area contributed by atoms with Gasteiger partial charge in [-0.3, -0.25) is 4.98 Å². The molecule has 0 spiro atoms. The Balaban J connectivity index is 1.82. The summed E-state index contributed by atoms with van der Waals surface area (Å²) in [7, 11) is 2.07. The fourth-order valence-electron chi connectivity index (χ4n) is 4.13. The van der Waals surface area contributed by atoms with Gasteiger partial charge in [0.1, 0.15) is 5.82 Å². The maximum Gasteiger partial charge on any atom is 0.140 e. The summed E-state index contributed by atoms with van der Waals surface area (Å²) in [5, 5.41) is 0. The van der Waals surface area contributed by atoms with Crippen LogP contribution in [0.25, 0.3) is 22.6 Å². The first kappa shape index (κ1) is 19.1. The third kappa shape index (κ3) is 3.49. The molecule has 0 aliphatic rings. The molecule has 4 aromatic rings. The van der Waals surface area contributed by atoms with E-state index in [0.29, 0.717) is 0 Å². The molecule has 0 N–H and O–H groups in total. The molecule has 2 aromatic heterocycles. The number of rotatable bonds is 6. The molecule has 0 radical (unpaired) electrons. The third-order valence-corrected chi connectivity index (χ3v) is 5.91. The van der Waals surface area contributed by atoms with Gasteiger partial charge in [-0.2, -0.15) is 0 Å². The monoisotopic (exact) mass is 381 g/mol. The number of hydrogen-bond acceptors (Lipinski definition) is 2. The Labute approximate surface area is 173 Å². The summed E-state index contributed by atoms with van der Waals surface area (Å²) in [4.78, 5) is 10.2. The lowest BCUT2D eigenvalue weighted by atomic mass is 9.76. The second-order valence-corrected chi connectivity index (χ2v) is 7.49. The molecule has 0 saturated heterocycles. The standard InChI is InChI=1S/C26H27N3/c1-4-26(5-2,23-18-12-17-22(27-23)20-13-8-6-9-14-20)24-19-29(3)25(28-24)21-15-10-7-11-16-21/h6-19H,4-5H2,1-3H3. The van der Waals surface area contributed by atoms with Crippen molar-refractivity contribution in [2.75, 3.05) is 0 Å². The van der Waals surface area contributed by atoms with Gasteiger partial charge in [0, 0.05) is 24.4 Å². The van der Waals surface area contributed by atoms with E-state index in [1.165, 1.54) is 0 Å². The summed E-state index contributed by atoms with van der Waals surface area (Å²) >= 11 is 0. The van der Waals surface area contributed by atoms with Crippen molar-refractivity contribution >= 4 is 0 Å². The molecule has 0 bridgehead atoms. The molecule has 2 aromatic carbocycles. The molecule has 29 heavy (non-hydrogen) atoms. The van der Waals surface area contributed by atoms with E-state index < -0.39 is 0 Å². The highest BCUT2D eigenvalue weighted by molar-refractivity contribution is 5.60. The van der Waals surface area contributed by atoms with Crippen LogP contribution in [0.4, 0.5) is 0 Å². The molecule has 146 valence electrons. The van der Waals surface area contributed by atoms with E-state index in [1.807, 2.05) is 12.1 Å². The van der Waals surface area contributed by atoms with E-state index in [0.717, 1.165) is 46.9 Å². The Kier molecular flexibility index (Phi) is 5.30. The van der Waals surface area contributed by atoms with Gasteiger partial charge in [0.25, 0.3) is 0 Å². The lowest BCUT2D eigenvalue weighted by molar-refractivity contribution is 0.453. The average Bonchev–Trinajstić information content (AvgIpc) is 3.18. The molecule has 0 saturated carbocycles. The average molecular weight is 382 g/mol. The molecule has 4 rings (SSSR count). The lowest BCUT2D eigenvalue weighted by Crippen LogP contribution is -2.28. The minimum absolute atomic E-state index is 0.213. The maximum absolute atomic E-state index is 5.10. The SMILES string of the molecule is CCC(CC)(c1cccc(-c2ccccc2)n1)c1cn(C)c(-c2ccccc2)n1. The smallest absolute Gasteiger partial charge is 0.140 e. The highest BCUT2D eigenvalue weighted by atomic mass is 15.1. The van der Waals surface area contributed by atoms with Crippen LogP contribution in [0.5, 0.6) is 0 Å². The molecule has 0 fully saturated rings. The summed E-state index contributed by atoms with van der Waals surface area (Å²) in [5.74, 6) is 0.992. The van der Waals surface area contributed by atoms with Gasteiger partial charge in [0.2, 0.25) is 0 Å². The van der Waals surface area contributed by atoms with E-state index in [2.05, 4.69) is 98.4 Å². The van der Waals surface area contributed by atoms with E-state index in [1.54, 1.807) is 0 Å². The van der Waals surface area contributed by atoms with Crippen molar-refractivity contribution in [2.24, 2.45) is 7.05 Å². The van der Waals surface area contributed by atoms with Crippen molar-refractivity contribution in [3.05, 3.63) is 96.4 Å². The predicted molar refractivity (Wildman–Crippen MR) is 120 cm³/mol. The van der Waals surface area contributed by atoms with Crippen LogP contribution in [-0.4, -0.2) is 14.5 Å². The molecule has 0 amide bonds. The van der Waals surface area contributed by atoms with Gasteiger partial charge in [0.15, 0.2) is 0 Å². The molecule has 2 heterocycles. The van der Waals surface area contributed by atoms with Gasteiger partial charge in [0.05, 0.1) is 22.5 Å². The number of benzene rings is 2. The minimum atomic E-state index is -0.213. The summed E-state index contributed by atoms with van der Waals surface area (Å²) in [6.45, 7) is 4.47. The second kappa shape index (κ2) is 8.04. The quantitative estimate of drug-likeness (QED) is 0.395.